The highest BCUT2D eigenvalue weighted by molar-refractivity contribution is 5.60. The maximum Gasteiger partial charge on any atom is 0.0948 e. The second kappa shape index (κ2) is 4.84. The van der Waals surface area contributed by atoms with E-state index in [0.717, 1.165) is 23.4 Å². The molecule has 3 rings (SSSR count). The van der Waals surface area contributed by atoms with Crippen LogP contribution >= 0.6 is 0 Å². The molecule has 87 valence electrons. The van der Waals surface area contributed by atoms with Crippen molar-refractivity contribution in [1.29, 1.82) is 0 Å². The van der Waals surface area contributed by atoms with Gasteiger partial charge in [-0.3, -0.25) is 5.10 Å². The topological polar surface area (TPSA) is 41.6 Å². The molecule has 3 aromatic rings. The first-order valence-corrected chi connectivity index (χ1v) is 5.84. The van der Waals surface area contributed by atoms with Crippen molar-refractivity contribution in [1.82, 2.24) is 15.4 Å². The van der Waals surface area contributed by atoms with E-state index in [1.54, 1.807) is 0 Å². The molecule has 0 fully saturated rings. The lowest BCUT2D eigenvalue weighted by Crippen LogP contribution is -1.91. The molecule has 1 radical (unpaired) electrons. The third-order valence-corrected chi connectivity index (χ3v) is 2.81. The molecular formula is C15H12N3. The van der Waals surface area contributed by atoms with Crippen LogP contribution in [0.15, 0.2) is 54.6 Å². The molecule has 0 bridgehead atoms. The minimum absolute atomic E-state index is 0.773. The lowest BCUT2D eigenvalue weighted by Gasteiger charge is -2.01. The molecule has 0 aliphatic heterocycles. The molecule has 18 heavy (non-hydrogen) atoms. The number of hydrogen-bond acceptors (Lipinski definition) is 2. The summed E-state index contributed by atoms with van der Waals surface area (Å²) in [6, 6.07) is 21.3. The van der Waals surface area contributed by atoms with Gasteiger partial charge in [0.1, 0.15) is 0 Å². The molecule has 2 aromatic carbocycles. The molecule has 0 amide bonds. The van der Waals surface area contributed by atoms with Gasteiger partial charge in [-0.25, -0.2) is 0 Å². The summed E-state index contributed by atoms with van der Waals surface area (Å²) in [5, 5.41) is 11.0. The third kappa shape index (κ3) is 2.15. The van der Waals surface area contributed by atoms with E-state index in [1.807, 2.05) is 42.5 Å². The summed E-state index contributed by atoms with van der Waals surface area (Å²) in [6.45, 7) is 0. The van der Waals surface area contributed by atoms with E-state index in [-0.39, 0.29) is 0 Å². The van der Waals surface area contributed by atoms with E-state index in [1.165, 1.54) is 5.56 Å². The SMILES string of the molecule is [c]1ccccc1-c1[nH]nnc1Cc1ccccc1. The highest BCUT2D eigenvalue weighted by Crippen LogP contribution is 2.20. The van der Waals surface area contributed by atoms with Crippen LogP contribution in [0.5, 0.6) is 0 Å². The first kappa shape index (κ1) is 10.7. The number of nitrogens with zero attached hydrogens (tertiary/aromatic N) is 2. The Kier molecular flexibility index (Phi) is 2.88. The fourth-order valence-electron chi connectivity index (χ4n) is 1.93. The first-order chi connectivity index (χ1) is 8.93. The van der Waals surface area contributed by atoms with Gasteiger partial charge >= 0.3 is 0 Å². The molecule has 0 saturated carbocycles. The monoisotopic (exact) mass is 234 g/mol. The van der Waals surface area contributed by atoms with Crippen LogP contribution in [0.1, 0.15) is 11.3 Å². The summed E-state index contributed by atoms with van der Waals surface area (Å²) in [5.74, 6) is 0. The molecular weight excluding hydrogens is 222 g/mol. The van der Waals surface area contributed by atoms with E-state index in [0.29, 0.717) is 0 Å². The average Bonchev–Trinajstić information content (AvgIpc) is 2.89. The Morgan fingerprint density at radius 2 is 1.83 bits per heavy atom. The van der Waals surface area contributed by atoms with Gasteiger partial charge in [-0.2, -0.15) is 0 Å². The summed E-state index contributed by atoms with van der Waals surface area (Å²) in [5.41, 5.74) is 4.11. The fraction of sp³-hybridized carbons (Fsp3) is 0.0667. The van der Waals surface area contributed by atoms with Crippen LogP contribution in [-0.2, 0) is 6.42 Å². The van der Waals surface area contributed by atoms with Gasteiger partial charge in [0.25, 0.3) is 0 Å². The third-order valence-electron chi connectivity index (χ3n) is 2.81. The van der Waals surface area contributed by atoms with Crippen LogP contribution in [0.2, 0.25) is 0 Å². The predicted octanol–water partition coefficient (Wildman–Crippen LogP) is 2.86. The van der Waals surface area contributed by atoms with Crippen LogP contribution in [-0.4, -0.2) is 15.4 Å². The van der Waals surface area contributed by atoms with Gasteiger partial charge in [0.05, 0.1) is 11.4 Å². The number of hydrogen-bond donors (Lipinski definition) is 1. The summed E-state index contributed by atoms with van der Waals surface area (Å²) < 4.78 is 0. The molecule has 0 aliphatic carbocycles. The Hall–Kier alpha value is -2.42. The largest absolute Gasteiger partial charge is 0.257 e. The number of rotatable bonds is 3. The zero-order valence-electron chi connectivity index (χ0n) is 9.80. The quantitative estimate of drug-likeness (QED) is 0.757. The van der Waals surface area contributed by atoms with Crippen molar-refractivity contribution in [2.75, 3.05) is 0 Å². The van der Waals surface area contributed by atoms with Crippen molar-refractivity contribution < 1.29 is 0 Å². The van der Waals surface area contributed by atoms with Gasteiger partial charge in [0.2, 0.25) is 0 Å². The van der Waals surface area contributed by atoms with Gasteiger partial charge in [-0.15, -0.1) is 5.10 Å². The van der Waals surface area contributed by atoms with Crippen molar-refractivity contribution in [2.24, 2.45) is 0 Å². The van der Waals surface area contributed by atoms with E-state index >= 15 is 0 Å². The van der Waals surface area contributed by atoms with Crippen LogP contribution in [0, 0.1) is 6.07 Å². The van der Waals surface area contributed by atoms with Crippen molar-refractivity contribution in [2.45, 2.75) is 6.42 Å². The minimum atomic E-state index is 0.773. The number of nitrogens with one attached hydrogen (secondary N) is 1. The molecule has 0 saturated heterocycles. The molecule has 1 N–H and O–H groups in total. The Balaban J connectivity index is 1.93. The van der Waals surface area contributed by atoms with Gasteiger partial charge in [-0.05, 0) is 11.6 Å². The van der Waals surface area contributed by atoms with E-state index in [2.05, 4.69) is 33.6 Å². The molecule has 0 spiro atoms. The Morgan fingerprint density at radius 3 is 2.61 bits per heavy atom. The molecule has 0 aliphatic rings. The predicted molar refractivity (Wildman–Crippen MR) is 69.9 cm³/mol. The van der Waals surface area contributed by atoms with Crippen molar-refractivity contribution in [3.63, 3.8) is 0 Å². The number of aromatic amines is 1. The van der Waals surface area contributed by atoms with E-state index in [9.17, 15) is 0 Å². The first-order valence-electron chi connectivity index (χ1n) is 5.84. The molecule has 3 nitrogen and oxygen atoms in total. The highest BCUT2D eigenvalue weighted by atomic mass is 15.3. The zero-order valence-corrected chi connectivity index (χ0v) is 9.80. The van der Waals surface area contributed by atoms with Crippen molar-refractivity contribution in [3.05, 3.63) is 71.9 Å². The van der Waals surface area contributed by atoms with E-state index in [4.69, 9.17) is 0 Å². The lowest BCUT2D eigenvalue weighted by molar-refractivity contribution is 0.916. The standard InChI is InChI=1S/C15H12N3/c1-3-7-12(8-4-1)11-14-15(17-18-16-14)13-9-5-2-6-10-13/h1-9H,11H2,(H,16,17,18). The second-order valence-electron chi connectivity index (χ2n) is 4.07. The van der Waals surface area contributed by atoms with E-state index < -0.39 is 0 Å². The maximum atomic E-state index is 4.16. The normalized spacial score (nSPS) is 10.4. The molecule has 0 atom stereocenters. The highest BCUT2D eigenvalue weighted by Gasteiger charge is 2.09. The van der Waals surface area contributed by atoms with Crippen LogP contribution < -0.4 is 0 Å². The minimum Gasteiger partial charge on any atom is -0.257 e. The Morgan fingerprint density at radius 1 is 1.00 bits per heavy atom. The van der Waals surface area contributed by atoms with Gasteiger partial charge < -0.3 is 0 Å². The summed E-state index contributed by atoms with van der Waals surface area (Å²) >= 11 is 0. The molecule has 0 unspecified atom stereocenters. The zero-order chi connectivity index (χ0) is 12.2. The molecule has 1 aromatic heterocycles. The number of benzene rings is 2. The van der Waals surface area contributed by atoms with Crippen LogP contribution in [0.3, 0.4) is 0 Å². The second-order valence-corrected chi connectivity index (χ2v) is 4.07. The number of aromatic nitrogens is 3. The van der Waals surface area contributed by atoms with Crippen molar-refractivity contribution in [3.8, 4) is 11.3 Å². The number of H-pyrrole nitrogens is 1. The van der Waals surface area contributed by atoms with Crippen LogP contribution in [0.25, 0.3) is 11.3 Å². The maximum absolute atomic E-state index is 4.16. The summed E-state index contributed by atoms with van der Waals surface area (Å²) in [4.78, 5) is 0. The lowest BCUT2D eigenvalue weighted by atomic mass is 10.0. The van der Waals surface area contributed by atoms with Crippen LogP contribution in [0.4, 0.5) is 0 Å². The summed E-state index contributed by atoms with van der Waals surface area (Å²) in [6.07, 6.45) is 0.773. The molecule has 1 heterocycles. The molecule has 3 heteroatoms. The van der Waals surface area contributed by atoms with Gasteiger partial charge in [0.15, 0.2) is 0 Å². The van der Waals surface area contributed by atoms with Gasteiger partial charge in [-0.1, -0.05) is 59.8 Å². The summed E-state index contributed by atoms with van der Waals surface area (Å²) in [7, 11) is 0. The van der Waals surface area contributed by atoms with Gasteiger partial charge in [0, 0.05) is 12.0 Å². The Labute approximate surface area is 105 Å². The smallest absolute Gasteiger partial charge is 0.0948 e. The van der Waals surface area contributed by atoms with Crippen molar-refractivity contribution >= 4 is 0 Å². The average molecular weight is 234 g/mol. The Bertz CT molecular complexity index is 615. The fourth-order valence-corrected chi connectivity index (χ4v) is 1.93.